The average Bonchev–Trinajstić information content (AvgIpc) is 2.89. The van der Waals surface area contributed by atoms with Gasteiger partial charge in [-0.2, -0.15) is 0 Å². The van der Waals surface area contributed by atoms with Crippen LogP contribution in [0.1, 0.15) is 0 Å². The van der Waals surface area contributed by atoms with Crippen LogP contribution in [-0.4, -0.2) is 15.0 Å². The zero-order valence-corrected chi connectivity index (χ0v) is 9.79. The van der Waals surface area contributed by atoms with Crippen LogP contribution in [0.4, 0.5) is 8.78 Å². The number of nitrogens with zero attached hydrogens (tertiary/aromatic N) is 3. The molecule has 0 aliphatic rings. The van der Waals surface area contributed by atoms with E-state index in [4.69, 9.17) is 0 Å². The van der Waals surface area contributed by atoms with Gasteiger partial charge in [-0.05, 0) is 24.3 Å². The van der Waals surface area contributed by atoms with Gasteiger partial charge in [-0.25, -0.2) is 13.5 Å². The van der Waals surface area contributed by atoms with Crippen LogP contribution in [-0.2, 0) is 0 Å². The molecule has 0 atom stereocenters. The molecule has 0 N–H and O–H groups in total. The molecule has 3 nitrogen and oxygen atoms in total. The van der Waals surface area contributed by atoms with Crippen molar-refractivity contribution in [3.05, 3.63) is 66.4 Å². The van der Waals surface area contributed by atoms with E-state index >= 15 is 0 Å². The number of rotatable bonds is 2. The lowest BCUT2D eigenvalue weighted by Gasteiger charge is -1.99. The summed E-state index contributed by atoms with van der Waals surface area (Å²) in [5.41, 5.74) is 1.41. The highest BCUT2D eigenvalue weighted by molar-refractivity contribution is 5.59. The van der Waals surface area contributed by atoms with E-state index < -0.39 is 11.6 Å². The lowest BCUT2D eigenvalue weighted by atomic mass is 10.1. The number of aromatic nitrogens is 3. The topological polar surface area (TPSA) is 30.7 Å². The van der Waals surface area contributed by atoms with Crippen LogP contribution >= 0.6 is 0 Å². The monoisotopic (exact) mass is 257 g/mol. The first-order valence-electron chi connectivity index (χ1n) is 5.67. The number of benzene rings is 2. The molecule has 0 unspecified atom stereocenters. The van der Waals surface area contributed by atoms with Gasteiger partial charge >= 0.3 is 0 Å². The van der Waals surface area contributed by atoms with Crippen LogP contribution in [0.3, 0.4) is 0 Å². The van der Waals surface area contributed by atoms with Crippen molar-refractivity contribution in [2.45, 2.75) is 0 Å². The van der Waals surface area contributed by atoms with E-state index in [-0.39, 0.29) is 5.56 Å². The molecule has 5 heteroatoms. The molecular formula is C14H9F2N3. The lowest BCUT2D eigenvalue weighted by Crippen LogP contribution is -1.93. The Kier molecular flexibility index (Phi) is 2.79. The summed E-state index contributed by atoms with van der Waals surface area (Å²) in [6.07, 6.45) is 1.60. The molecule has 0 spiro atoms. The van der Waals surface area contributed by atoms with Crippen LogP contribution in [0.25, 0.3) is 16.9 Å². The molecule has 0 saturated carbocycles. The van der Waals surface area contributed by atoms with E-state index in [2.05, 4.69) is 10.3 Å². The van der Waals surface area contributed by atoms with Crippen molar-refractivity contribution in [2.24, 2.45) is 0 Å². The number of halogens is 2. The van der Waals surface area contributed by atoms with Crippen LogP contribution in [0, 0.1) is 11.6 Å². The fourth-order valence-electron chi connectivity index (χ4n) is 1.79. The fraction of sp³-hybridized carbons (Fsp3) is 0. The second-order valence-electron chi connectivity index (χ2n) is 4.01. The van der Waals surface area contributed by atoms with Crippen molar-refractivity contribution < 1.29 is 8.78 Å². The highest BCUT2D eigenvalue weighted by atomic mass is 19.1. The summed E-state index contributed by atoms with van der Waals surface area (Å²) in [6, 6.07) is 12.7. The number of para-hydroxylation sites is 1. The molecule has 0 radical (unpaired) electrons. The van der Waals surface area contributed by atoms with Gasteiger partial charge in [0.25, 0.3) is 0 Å². The SMILES string of the molecule is Fc1ccc(-c2cn(-c3ccccc3)nn2)c(F)c1. The van der Waals surface area contributed by atoms with Crippen molar-refractivity contribution in [3.8, 4) is 16.9 Å². The van der Waals surface area contributed by atoms with Gasteiger partial charge in [0.1, 0.15) is 17.3 Å². The Labute approximate surface area is 108 Å². The Morgan fingerprint density at radius 3 is 2.47 bits per heavy atom. The molecule has 0 aliphatic heterocycles. The molecule has 94 valence electrons. The summed E-state index contributed by atoms with van der Waals surface area (Å²) in [6.45, 7) is 0. The summed E-state index contributed by atoms with van der Waals surface area (Å²) in [5.74, 6) is -1.27. The van der Waals surface area contributed by atoms with Gasteiger partial charge in [-0.3, -0.25) is 0 Å². The Balaban J connectivity index is 2.02. The first-order chi connectivity index (χ1) is 9.24. The molecule has 3 rings (SSSR count). The van der Waals surface area contributed by atoms with E-state index in [1.165, 1.54) is 16.8 Å². The maximum Gasteiger partial charge on any atom is 0.135 e. The van der Waals surface area contributed by atoms with Crippen molar-refractivity contribution >= 4 is 0 Å². The molecule has 0 bridgehead atoms. The zero-order chi connectivity index (χ0) is 13.2. The predicted octanol–water partition coefficient (Wildman–Crippen LogP) is 3.21. The molecule has 1 heterocycles. The normalized spacial score (nSPS) is 10.6. The minimum atomic E-state index is -0.653. The second-order valence-corrected chi connectivity index (χ2v) is 4.01. The van der Waals surface area contributed by atoms with Gasteiger partial charge in [0.2, 0.25) is 0 Å². The molecular weight excluding hydrogens is 248 g/mol. The minimum Gasteiger partial charge on any atom is -0.220 e. The van der Waals surface area contributed by atoms with Crippen molar-refractivity contribution in [1.29, 1.82) is 0 Å². The first-order valence-corrected chi connectivity index (χ1v) is 5.67. The molecule has 0 fully saturated rings. The molecule has 3 aromatic rings. The number of hydrogen-bond donors (Lipinski definition) is 0. The summed E-state index contributed by atoms with van der Waals surface area (Å²) in [7, 11) is 0. The average molecular weight is 257 g/mol. The predicted molar refractivity (Wildman–Crippen MR) is 66.7 cm³/mol. The quantitative estimate of drug-likeness (QED) is 0.705. The molecule has 19 heavy (non-hydrogen) atoms. The molecule has 0 amide bonds. The zero-order valence-electron chi connectivity index (χ0n) is 9.79. The second kappa shape index (κ2) is 4.61. The standard InChI is InChI=1S/C14H9F2N3/c15-10-6-7-12(13(16)8-10)14-9-19(18-17-14)11-4-2-1-3-5-11/h1-9H. The van der Waals surface area contributed by atoms with E-state index in [0.29, 0.717) is 5.69 Å². The Hall–Kier alpha value is -2.56. The summed E-state index contributed by atoms with van der Waals surface area (Å²) >= 11 is 0. The smallest absolute Gasteiger partial charge is 0.135 e. The van der Waals surface area contributed by atoms with Crippen molar-refractivity contribution in [1.82, 2.24) is 15.0 Å². The van der Waals surface area contributed by atoms with Crippen molar-refractivity contribution in [2.75, 3.05) is 0 Å². The Bertz CT molecular complexity index is 708. The van der Waals surface area contributed by atoms with Crippen molar-refractivity contribution in [3.63, 3.8) is 0 Å². The Morgan fingerprint density at radius 2 is 1.74 bits per heavy atom. The highest BCUT2D eigenvalue weighted by Crippen LogP contribution is 2.21. The highest BCUT2D eigenvalue weighted by Gasteiger charge is 2.10. The fourth-order valence-corrected chi connectivity index (χ4v) is 1.79. The van der Waals surface area contributed by atoms with Gasteiger partial charge < -0.3 is 0 Å². The van der Waals surface area contributed by atoms with Gasteiger partial charge in [-0.15, -0.1) is 5.10 Å². The number of hydrogen-bond acceptors (Lipinski definition) is 2. The van der Waals surface area contributed by atoms with Gasteiger partial charge in [0.15, 0.2) is 0 Å². The third-order valence-electron chi connectivity index (χ3n) is 2.72. The van der Waals surface area contributed by atoms with Gasteiger partial charge in [0, 0.05) is 11.6 Å². The third kappa shape index (κ3) is 2.22. The largest absolute Gasteiger partial charge is 0.220 e. The van der Waals surface area contributed by atoms with E-state index in [9.17, 15) is 8.78 Å². The summed E-state index contributed by atoms with van der Waals surface area (Å²) in [5, 5.41) is 7.84. The van der Waals surface area contributed by atoms with Crippen LogP contribution in [0.15, 0.2) is 54.7 Å². The lowest BCUT2D eigenvalue weighted by molar-refractivity contribution is 0.585. The third-order valence-corrected chi connectivity index (χ3v) is 2.72. The maximum atomic E-state index is 13.6. The van der Waals surface area contributed by atoms with Gasteiger partial charge in [0.05, 0.1) is 11.9 Å². The Morgan fingerprint density at radius 1 is 0.947 bits per heavy atom. The van der Waals surface area contributed by atoms with E-state index in [1.54, 1.807) is 6.20 Å². The maximum absolute atomic E-state index is 13.6. The molecule has 0 aliphatic carbocycles. The van der Waals surface area contributed by atoms with Crippen LogP contribution in [0.2, 0.25) is 0 Å². The molecule has 1 aromatic heterocycles. The molecule has 2 aromatic carbocycles. The van der Waals surface area contributed by atoms with Crippen LogP contribution < -0.4 is 0 Å². The summed E-state index contributed by atoms with van der Waals surface area (Å²) in [4.78, 5) is 0. The summed E-state index contributed by atoms with van der Waals surface area (Å²) < 4.78 is 28.0. The van der Waals surface area contributed by atoms with E-state index in [0.717, 1.165) is 11.8 Å². The first kappa shape index (κ1) is 11.5. The van der Waals surface area contributed by atoms with Gasteiger partial charge in [-0.1, -0.05) is 23.4 Å². The molecule has 0 saturated heterocycles. The minimum absolute atomic E-state index is 0.226. The van der Waals surface area contributed by atoms with E-state index in [1.807, 2.05) is 30.3 Å². The van der Waals surface area contributed by atoms with Crippen LogP contribution in [0.5, 0.6) is 0 Å².